The van der Waals surface area contributed by atoms with E-state index in [0.29, 0.717) is 28.1 Å². The Hall–Kier alpha value is 0.150. The average Bonchev–Trinajstić information content (AvgIpc) is 2.70. The molecule has 196 valence electrons. The van der Waals surface area contributed by atoms with Crippen LogP contribution < -0.4 is 0 Å². The van der Waals surface area contributed by atoms with Crippen molar-refractivity contribution in [1.82, 2.24) is 0 Å². The summed E-state index contributed by atoms with van der Waals surface area (Å²) in [7, 11) is -4.02. The van der Waals surface area contributed by atoms with Crippen LogP contribution in [0.15, 0.2) is 0 Å². The van der Waals surface area contributed by atoms with E-state index in [9.17, 15) is 14.4 Å². The third kappa shape index (κ3) is 3.45. The second-order valence-electron chi connectivity index (χ2n) is 15.6. The lowest BCUT2D eigenvalue weighted by molar-refractivity contribution is -0.247. The van der Waals surface area contributed by atoms with Crippen LogP contribution >= 0.6 is 7.60 Å². The number of hydrogen-bond acceptors (Lipinski definition) is 1. The highest BCUT2D eigenvalue weighted by Crippen LogP contribution is 2.77. The van der Waals surface area contributed by atoms with Crippen molar-refractivity contribution in [3.8, 4) is 0 Å². The van der Waals surface area contributed by atoms with Crippen LogP contribution in [0.25, 0.3) is 0 Å². The zero-order chi connectivity index (χ0) is 24.9. The highest BCUT2D eigenvalue weighted by Gasteiger charge is 2.69. The van der Waals surface area contributed by atoms with E-state index in [0.717, 1.165) is 42.9 Å². The van der Waals surface area contributed by atoms with Crippen molar-refractivity contribution < 1.29 is 14.4 Å². The molecule has 5 saturated carbocycles. The van der Waals surface area contributed by atoms with Crippen molar-refractivity contribution in [1.29, 1.82) is 0 Å². The fraction of sp³-hybridized carbons (Fsp3) is 1.00. The van der Waals surface area contributed by atoms with Gasteiger partial charge in [0.2, 0.25) is 0 Å². The molecular formula is C30H53O3P. The van der Waals surface area contributed by atoms with Crippen LogP contribution in [-0.2, 0) is 4.57 Å². The van der Waals surface area contributed by atoms with Gasteiger partial charge in [0.05, 0.1) is 6.16 Å². The van der Waals surface area contributed by atoms with Gasteiger partial charge in [0.1, 0.15) is 0 Å². The van der Waals surface area contributed by atoms with Gasteiger partial charge in [0, 0.05) is 0 Å². The molecule has 5 aliphatic rings. The molecule has 0 amide bonds. The van der Waals surface area contributed by atoms with Crippen LogP contribution in [-0.4, -0.2) is 15.9 Å². The summed E-state index contributed by atoms with van der Waals surface area (Å²) in [5.41, 5.74) is 1.28. The summed E-state index contributed by atoms with van der Waals surface area (Å²) in [6.07, 6.45) is 14.2. The predicted octanol–water partition coefficient (Wildman–Crippen LogP) is 8.29. The van der Waals surface area contributed by atoms with Crippen molar-refractivity contribution in [3.63, 3.8) is 0 Å². The van der Waals surface area contributed by atoms with Crippen molar-refractivity contribution in [2.24, 2.45) is 62.6 Å². The summed E-state index contributed by atoms with van der Waals surface area (Å²) in [6, 6.07) is 0. The van der Waals surface area contributed by atoms with Gasteiger partial charge in [-0.2, -0.15) is 0 Å². The molecule has 0 aromatic heterocycles. The number of fused-ring (bicyclic) bond motifs is 7. The van der Waals surface area contributed by atoms with Gasteiger partial charge in [-0.25, -0.2) is 0 Å². The van der Waals surface area contributed by atoms with Gasteiger partial charge in [0.25, 0.3) is 0 Å². The van der Waals surface area contributed by atoms with E-state index >= 15 is 0 Å². The zero-order valence-corrected chi connectivity index (χ0v) is 24.1. The largest absolute Gasteiger partial charge is 0.326 e. The van der Waals surface area contributed by atoms with Gasteiger partial charge in [-0.1, -0.05) is 54.9 Å². The van der Waals surface area contributed by atoms with E-state index in [4.69, 9.17) is 0 Å². The Morgan fingerprint density at radius 1 is 0.765 bits per heavy atom. The van der Waals surface area contributed by atoms with Gasteiger partial charge in [0.15, 0.2) is 0 Å². The molecule has 0 heterocycles. The highest BCUT2D eigenvalue weighted by atomic mass is 31.2. The molecule has 2 N–H and O–H groups in total. The molecule has 2 unspecified atom stereocenters. The first-order valence-electron chi connectivity index (χ1n) is 14.6. The minimum atomic E-state index is -4.02. The molecule has 0 bridgehead atoms. The van der Waals surface area contributed by atoms with E-state index in [1.165, 1.54) is 51.4 Å². The first-order chi connectivity index (χ1) is 15.6. The Morgan fingerprint density at radius 3 is 2.15 bits per heavy atom. The smallest absolute Gasteiger partial charge is 0.324 e. The minimum Gasteiger partial charge on any atom is -0.324 e. The average molecular weight is 493 g/mol. The maximum absolute atomic E-state index is 12.2. The maximum Gasteiger partial charge on any atom is 0.326 e. The molecule has 0 aromatic rings. The summed E-state index contributed by atoms with van der Waals surface area (Å²) in [6.45, 7) is 17.9. The normalized spacial score (nSPS) is 57.7. The molecule has 5 aliphatic carbocycles. The second kappa shape index (κ2) is 7.83. The van der Waals surface area contributed by atoms with Crippen LogP contribution in [0, 0.1) is 62.6 Å². The van der Waals surface area contributed by atoms with E-state index in [-0.39, 0.29) is 17.0 Å². The summed E-state index contributed by atoms with van der Waals surface area (Å²) in [5.74, 6) is 4.53. The molecule has 3 nitrogen and oxygen atoms in total. The van der Waals surface area contributed by atoms with E-state index < -0.39 is 7.60 Å². The molecule has 5 rings (SSSR count). The molecule has 0 saturated heterocycles. The van der Waals surface area contributed by atoms with Gasteiger partial charge in [-0.15, -0.1) is 0 Å². The van der Waals surface area contributed by atoms with Crippen molar-refractivity contribution >= 4 is 7.60 Å². The molecule has 11 atom stereocenters. The minimum absolute atomic E-state index is 0.0828. The lowest BCUT2D eigenvalue weighted by Gasteiger charge is -2.73. The molecule has 0 spiro atoms. The topological polar surface area (TPSA) is 57.5 Å². The number of rotatable bonds is 2. The molecule has 0 aliphatic heterocycles. The van der Waals surface area contributed by atoms with E-state index in [1.807, 2.05) is 0 Å². The lowest BCUT2D eigenvalue weighted by Crippen LogP contribution is -2.66. The summed E-state index contributed by atoms with van der Waals surface area (Å²) in [4.78, 5) is 20.0. The standard InChI is InChI=1S/C30H53O3P/c1-20-11-15-26(3)17-18-29(6)22(25(26)21(20)2)9-10-24-28(5)14-8-13-27(4,19-34(31,32)33)23(28)12-16-30(24,29)7/h20-25H,8-19H2,1-7H3,(H2,31,32,33)/t20-,21+,22-,23?,24-,25+,26-,27?,28+,29-,30-/m1/s1. The Bertz CT molecular complexity index is 867. The zero-order valence-electron chi connectivity index (χ0n) is 23.2. The maximum atomic E-state index is 12.2. The van der Waals surface area contributed by atoms with Gasteiger partial charge in [-0.3, -0.25) is 4.57 Å². The fourth-order valence-corrected chi connectivity index (χ4v) is 13.6. The summed E-state index contributed by atoms with van der Waals surface area (Å²) < 4.78 is 12.2. The van der Waals surface area contributed by atoms with Crippen LogP contribution in [0.5, 0.6) is 0 Å². The Morgan fingerprint density at radius 2 is 1.47 bits per heavy atom. The van der Waals surface area contributed by atoms with Gasteiger partial charge < -0.3 is 9.79 Å². The van der Waals surface area contributed by atoms with Crippen molar-refractivity contribution in [2.45, 2.75) is 119 Å². The van der Waals surface area contributed by atoms with E-state index in [2.05, 4.69) is 48.5 Å². The quantitative estimate of drug-likeness (QED) is 0.381. The third-order valence-corrected chi connectivity index (χ3v) is 15.3. The SMILES string of the molecule is C[C@@H]1[C@H]2[C@H]3CC[C@@H]4[C@@]5(C)CCCC(C)(CP(=O)(O)O)C5CC[C@@]4(C)[C@]3(C)CC[C@@]2(C)CC[C@H]1C. The van der Waals surface area contributed by atoms with Crippen LogP contribution in [0.1, 0.15) is 119 Å². The number of hydrogen-bond donors (Lipinski definition) is 2. The Balaban J connectivity index is 1.51. The Labute approximate surface area is 209 Å². The fourth-order valence-electron chi connectivity index (χ4n) is 12.3. The van der Waals surface area contributed by atoms with Gasteiger partial charge >= 0.3 is 7.60 Å². The molecular weight excluding hydrogens is 439 g/mol. The van der Waals surface area contributed by atoms with Gasteiger partial charge in [-0.05, 0) is 127 Å². The Kier molecular flexibility index (Phi) is 5.94. The van der Waals surface area contributed by atoms with E-state index in [1.54, 1.807) is 0 Å². The molecule has 34 heavy (non-hydrogen) atoms. The summed E-state index contributed by atoms with van der Waals surface area (Å²) in [5, 5.41) is 0. The predicted molar refractivity (Wildman–Crippen MR) is 141 cm³/mol. The molecule has 0 radical (unpaired) electrons. The van der Waals surface area contributed by atoms with Crippen LogP contribution in [0.3, 0.4) is 0 Å². The lowest BCUT2D eigenvalue weighted by atomic mass is 9.31. The first kappa shape index (κ1) is 25.8. The molecule has 4 heteroatoms. The van der Waals surface area contributed by atoms with Crippen molar-refractivity contribution in [3.05, 3.63) is 0 Å². The van der Waals surface area contributed by atoms with Crippen molar-refractivity contribution in [2.75, 3.05) is 6.16 Å². The molecule has 5 fully saturated rings. The second-order valence-corrected chi connectivity index (χ2v) is 17.2. The first-order valence-corrected chi connectivity index (χ1v) is 16.4. The van der Waals surface area contributed by atoms with Crippen LogP contribution in [0.4, 0.5) is 0 Å². The third-order valence-electron chi connectivity index (χ3n) is 14.2. The molecule has 0 aromatic carbocycles. The highest BCUT2D eigenvalue weighted by molar-refractivity contribution is 7.51. The monoisotopic (exact) mass is 492 g/mol. The summed E-state index contributed by atoms with van der Waals surface area (Å²) >= 11 is 0. The van der Waals surface area contributed by atoms with Crippen LogP contribution in [0.2, 0.25) is 0 Å².